The van der Waals surface area contributed by atoms with Crippen LogP contribution < -0.4 is 4.74 Å². The van der Waals surface area contributed by atoms with E-state index in [0.717, 1.165) is 12.2 Å². The van der Waals surface area contributed by atoms with Gasteiger partial charge in [-0.2, -0.15) is 9.59 Å². The van der Waals surface area contributed by atoms with Gasteiger partial charge in [-0.3, -0.25) is 0 Å². The van der Waals surface area contributed by atoms with Gasteiger partial charge >= 0.3 is 6.15 Å². The molecule has 0 bridgehead atoms. The molecule has 0 unspecified atom stereocenters. The summed E-state index contributed by atoms with van der Waals surface area (Å²) in [6.07, 6.45) is 1.37. The minimum Gasteiger partial charge on any atom is -0.489 e. The smallest absolute Gasteiger partial charge is 0.373 e. The predicted molar refractivity (Wildman–Crippen MR) is 80.8 cm³/mol. The third-order valence-corrected chi connectivity index (χ3v) is 2.82. The van der Waals surface area contributed by atoms with E-state index in [1.807, 2.05) is 18.2 Å². The summed E-state index contributed by atoms with van der Waals surface area (Å²) in [4.78, 5) is 16.2. The molecule has 0 aromatic heterocycles. The summed E-state index contributed by atoms with van der Waals surface area (Å²) in [5, 5.41) is 0. The van der Waals surface area contributed by atoms with Crippen LogP contribution >= 0.6 is 0 Å². The number of rotatable bonds is 5. The molecule has 2 aromatic carbocycles. The molecule has 0 amide bonds. The van der Waals surface area contributed by atoms with Crippen LogP contribution in [0.1, 0.15) is 25.0 Å². The lowest BCUT2D eigenvalue weighted by atomic mass is 10.0. The van der Waals surface area contributed by atoms with Crippen molar-refractivity contribution in [2.24, 2.45) is 5.92 Å². The maximum atomic E-state index is 8.12. The van der Waals surface area contributed by atoms with Crippen molar-refractivity contribution in [3.8, 4) is 5.75 Å². The van der Waals surface area contributed by atoms with Gasteiger partial charge in [0.1, 0.15) is 12.4 Å². The summed E-state index contributed by atoms with van der Waals surface area (Å²) >= 11 is 0. The van der Waals surface area contributed by atoms with Crippen LogP contribution in [-0.4, -0.2) is 6.15 Å². The molecule has 21 heavy (non-hydrogen) atoms. The van der Waals surface area contributed by atoms with Crippen molar-refractivity contribution in [2.45, 2.75) is 26.9 Å². The van der Waals surface area contributed by atoms with Crippen LogP contribution in [0.5, 0.6) is 5.75 Å². The normalized spacial score (nSPS) is 9.48. The highest BCUT2D eigenvalue weighted by atomic mass is 16.5. The largest absolute Gasteiger partial charge is 0.489 e. The Balaban J connectivity index is 0.000000677. The van der Waals surface area contributed by atoms with Crippen LogP contribution in [0.3, 0.4) is 0 Å². The molecule has 0 saturated carbocycles. The number of benzene rings is 2. The summed E-state index contributed by atoms with van der Waals surface area (Å²) in [5.41, 5.74) is 2.57. The van der Waals surface area contributed by atoms with Gasteiger partial charge in [-0.1, -0.05) is 56.3 Å². The Labute approximate surface area is 125 Å². The lowest BCUT2D eigenvalue weighted by Gasteiger charge is -2.08. The zero-order valence-electron chi connectivity index (χ0n) is 12.4. The van der Waals surface area contributed by atoms with Crippen molar-refractivity contribution in [3.63, 3.8) is 0 Å². The van der Waals surface area contributed by atoms with Crippen molar-refractivity contribution in [1.29, 1.82) is 0 Å². The first-order valence-electron chi connectivity index (χ1n) is 6.90. The summed E-state index contributed by atoms with van der Waals surface area (Å²) in [6.45, 7) is 5.10. The van der Waals surface area contributed by atoms with Crippen molar-refractivity contribution in [2.75, 3.05) is 0 Å². The first-order valence-corrected chi connectivity index (χ1v) is 6.90. The summed E-state index contributed by atoms with van der Waals surface area (Å²) in [5.74, 6) is 1.63. The van der Waals surface area contributed by atoms with Gasteiger partial charge in [0.15, 0.2) is 0 Å². The first kappa shape index (κ1) is 16.7. The maximum Gasteiger partial charge on any atom is 0.373 e. The molecule has 0 radical (unpaired) electrons. The lowest BCUT2D eigenvalue weighted by molar-refractivity contribution is -0.191. The third-order valence-electron chi connectivity index (χ3n) is 2.82. The lowest BCUT2D eigenvalue weighted by Crippen LogP contribution is -1.96. The Kier molecular flexibility index (Phi) is 7.55. The zero-order chi connectivity index (χ0) is 15.5. The van der Waals surface area contributed by atoms with Gasteiger partial charge in [0.05, 0.1) is 0 Å². The Morgan fingerprint density at radius 1 is 0.905 bits per heavy atom. The van der Waals surface area contributed by atoms with E-state index in [1.165, 1.54) is 11.1 Å². The van der Waals surface area contributed by atoms with E-state index < -0.39 is 0 Å². The summed E-state index contributed by atoms with van der Waals surface area (Å²) < 4.78 is 5.75. The maximum absolute atomic E-state index is 8.12. The van der Waals surface area contributed by atoms with Crippen LogP contribution in [-0.2, 0) is 22.6 Å². The van der Waals surface area contributed by atoms with Crippen LogP contribution in [0.15, 0.2) is 54.6 Å². The average molecular weight is 284 g/mol. The molecule has 2 rings (SSSR count). The summed E-state index contributed by atoms with van der Waals surface area (Å²) in [7, 11) is 0. The number of carbonyl (C=O) groups excluding carboxylic acids is 2. The van der Waals surface area contributed by atoms with Gasteiger partial charge in [0, 0.05) is 0 Å². The molecule has 3 heteroatoms. The molecule has 0 atom stereocenters. The van der Waals surface area contributed by atoms with Gasteiger partial charge < -0.3 is 4.74 Å². The minimum absolute atomic E-state index is 0.250. The van der Waals surface area contributed by atoms with Gasteiger partial charge in [0.2, 0.25) is 0 Å². The third kappa shape index (κ3) is 7.09. The second-order valence-corrected chi connectivity index (χ2v) is 5.10. The van der Waals surface area contributed by atoms with E-state index in [-0.39, 0.29) is 6.15 Å². The monoisotopic (exact) mass is 284 g/mol. The highest BCUT2D eigenvalue weighted by molar-refractivity contribution is 5.28. The average Bonchev–Trinajstić information content (AvgIpc) is 2.48. The van der Waals surface area contributed by atoms with Gasteiger partial charge in [-0.05, 0) is 35.6 Å². The fraction of sp³-hybridized carbons (Fsp3) is 0.278. The van der Waals surface area contributed by atoms with E-state index in [0.29, 0.717) is 12.5 Å². The molecule has 0 aliphatic rings. The van der Waals surface area contributed by atoms with Crippen molar-refractivity contribution in [3.05, 3.63) is 65.7 Å². The van der Waals surface area contributed by atoms with Gasteiger partial charge in [-0.15, -0.1) is 0 Å². The van der Waals surface area contributed by atoms with E-state index in [1.54, 1.807) is 0 Å². The minimum atomic E-state index is 0.250. The predicted octanol–water partition coefficient (Wildman–Crippen LogP) is 3.88. The van der Waals surface area contributed by atoms with Crippen molar-refractivity contribution in [1.82, 2.24) is 0 Å². The molecule has 0 aliphatic heterocycles. The van der Waals surface area contributed by atoms with Crippen molar-refractivity contribution < 1.29 is 14.3 Å². The SMILES string of the molecule is CC(C)Cc1ccc(OCc2ccccc2)cc1.O=C=O. The molecule has 2 aromatic rings. The Morgan fingerprint density at radius 3 is 2.00 bits per heavy atom. The topological polar surface area (TPSA) is 43.4 Å². The molecule has 3 nitrogen and oxygen atoms in total. The second kappa shape index (κ2) is 9.51. The Hall–Kier alpha value is -2.38. The molecule has 0 aliphatic carbocycles. The van der Waals surface area contributed by atoms with Crippen LogP contribution in [0.25, 0.3) is 0 Å². The molecule has 110 valence electrons. The molecule has 0 fully saturated rings. The van der Waals surface area contributed by atoms with Gasteiger partial charge in [-0.25, -0.2) is 0 Å². The second-order valence-electron chi connectivity index (χ2n) is 5.10. The van der Waals surface area contributed by atoms with Gasteiger partial charge in [0.25, 0.3) is 0 Å². The van der Waals surface area contributed by atoms with Crippen LogP contribution in [0, 0.1) is 5.92 Å². The number of ether oxygens (including phenoxy) is 1. The number of hydrogen-bond donors (Lipinski definition) is 0. The molecular formula is C18H20O3. The zero-order valence-corrected chi connectivity index (χ0v) is 12.4. The van der Waals surface area contributed by atoms with Crippen LogP contribution in [0.4, 0.5) is 0 Å². The van der Waals surface area contributed by atoms with E-state index in [4.69, 9.17) is 14.3 Å². The standard InChI is InChI=1S/C17H20O.CO2/c1-14(2)12-15-8-10-17(11-9-15)18-13-16-6-4-3-5-7-16;2-1-3/h3-11,14H,12-13H2,1-2H3;. The van der Waals surface area contributed by atoms with E-state index in [9.17, 15) is 0 Å². The Bertz CT molecular complexity index is 538. The summed E-state index contributed by atoms with van der Waals surface area (Å²) in [6, 6.07) is 18.7. The molecule has 0 heterocycles. The van der Waals surface area contributed by atoms with Crippen molar-refractivity contribution >= 4 is 6.15 Å². The molecule has 0 saturated heterocycles. The highest BCUT2D eigenvalue weighted by Crippen LogP contribution is 2.16. The quantitative estimate of drug-likeness (QED) is 0.836. The fourth-order valence-corrected chi connectivity index (χ4v) is 1.93. The Morgan fingerprint density at radius 2 is 1.48 bits per heavy atom. The highest BCUT2D eigenvalue weighted by Gasteiger charge is 1.99. The first-order chi connectivity index (χ1) is 10.2. The van der Waals surface area contributed by atoms with E-state index >= 15 is 0 Å². The molecule has 0 N–H and O–H groups in total. The number of hydrogen-bond acceptors (Lipinski definition) is 3. The fourth-order valence-electron chi connectivity index (χ4n) is 1.93. The molecular weight excluding hydrogens is 264 g/mol. The molecule has 0 spiro atoms. The van der Waals surface area contributed by atoms with Crippen LogP contribution in [0.2, 0.25) is 0 Å². The van der Waals surface area contributed by atoms with E-state index in [2.05, 4.69) is 50.2 Å².